The number of rotatable bonds is 5. The Morgan fingerprint density at radius 2 is 2.13 bits per heavy atom. The summed E-state index contributed by atoms with van der Waals surface area (Å²) >= 11 is 0. The van der Waals surface area contributed by atoms with Crippen LogP contribution in [-0.4, -0.2) is 69.5 Å². The fourth-order valence-corrected chi connectivity index (χ4v) is 3.89. The zero-order chi connectivity index (χ0) is 22.3. The first-order valence-electron chi connectivity index (χ1n) is 9.46. The molecule has 2 aliphatic heterocycles. The number of nitrogens with one attached hydrogen (secondary N) is 2. The largest absolute Gasteiger partial charge is 0.428 e. The summed E-state index contributed by atoms with van der Waals surface area (Å²) in [5.74, 6) is -0.976. The summed E-state index contributed by atoms with van der Waals surface area (Å²) in [5, 5.41) is 15.7. The van der Waals surface area contributed by atoms with E-state index in [4.69, 9.17) is 0 Å². The van der Waals surface area contributed by atoms with Crippen molar-refractivity contribution in [1.82, 2.24) is 20.2 Å². The summed E-state index contributed by atoms with van der Waals surface area (Å²) < 4.78 is 52.9. The van der Waals surface area contributed by atoms with Gasteiger partial charge in [-0.2, -0.15) is 18.3 Å². The molecule has 1 amide bonds. The van der Waals surface area contributed by atoms with Gasteiger partial charge in [0.2, 0.25) is 18.1 Å². The molecule has 13 heteroatoms. The van der Waals surface area contributed by atoms with Crippen molar-refractivity contribution in [2.24, 2.45) is 5.10 Å². The van der Waals surface area contributed by atoms with Crippen molar-refractivity contribution in [1.29, 1.82) is 0 Å². The van der Waals surface area contributed by atoms with Crippen molar-refractivity contribution in [2.75, 3.05) is 19.6 Å². The molecule has 0 aliphatic carbocycles. The number of piperazine rings is 1. The maximum absolute atomic E-state index is 13.8. The topological polar surface area (TPSA) is 107 Å². The number of benzene rings is 1. The third kappa shape index (κ3) is 3.99. The average molecular weight is 442 g/mol. The summed E-state index contributed by atoms with van der Waals surface area (Å²) in [6.45, 7) is -0.261. The van der Waals surface area contributed by atoms with Crippen LogP contribution in [0.5, 0.6) is 0 Å². The maximum Gasteiger partial charge on any atom is 0.428 e. The predicted octanol–water partition coefficient (Wildman–Crippen LogP) is 1.83. The second-order valence-electron chi connectivity index (χ2n) is 7.43. The van der Waals surface area contributed by atoms with Crippen LogP contribution in [0.15, 0.2) is 29.5 Å². The van der Waals surface area contributed by atoms with Crippen molar-refractivity contribution in [3.8, 4) is 0 Å². The van der Waals surface area contributed by atoms with E-state index in [1.165, 1.54) is 23.2 Å². The molecular formula is C18H18F4N6O3. The van der Waals surface area contributed by atoms with E-state index in [1.54, 1.807) is 6.07 Å². The molecule has 4 rings (SSSR count). The van der Waals surface area contributed by atoms with Gasteiger partial charge in [-0.25, -0.2) is 4.39 Å². The van der Waals surface area contributed by atoms with Crippen LogP contribution in [0.2, 0.25) is 0 Å². The molecule has 0 saturated carbocycles. The van der Waals surface area contributed by atoms with E-state index in [-0.39, 0.29) is 37.4 Å². The van der Waals surface area contributed by atoms with Crippen LogP contribution in [0, 0.1) is 15.9 Å². The summed E-state index contributed by atoms with van der Waals surface area (Å²) in [6.07, 6.45) is -5.51. The minimum absolute atomic E-state index is 0.00511. The number of hydrogen-bond donors (Lipinski definition) is 2. The number of halogens is 4. The SMILES string of the molecule is O=C(CC(Cc1c[nH]c2c(F)cccc12)[N+](=O)[O-])N1CCN2C(=NNC2C(F)(F)F)C1. The predicted molar refractivity (Wildman–Crippen MR) is 101 cm³/mol. The number of carbonyl (C=O) groups is 1. The van der Waals surface area contributed by atoms with Gasteiger partial charge in [0.25, 0.3) is 0 Å². The second kappa shape index (κ2) is 7.71. The summed E-state index contributed by atoms with van der Waals surface area (Å²) in [5.41, 5.74) is 2.75. The number of amides is 1. The van der Waals surface area contributed by atoms with Gasteiger partial charge in [0, 0.05) is 36.0 Å². The van der Waals surface area contributed by atoms with Crippen LogP contribution in [0.1, 0.15) is 12.0 Å². The maximum atomic E-state index is 13.8. The number of H-pyrrole nitrogens is 1. The van der Waals surface area contributed by atoms with Crippen molar-refractivity contribution in [3.63, 3.8) is 0 Å². The van der Waals surface area contributed by atoms with Crippen LogP contribution >= 0.6 is 0 Å². The molecule has 9 nitrogen and oxygen atoms in total. The lowest BCUT2D eigenvalue weighted by molar-refractivity contribution is -0.521. The molecule has 2 aliphatic rings. The number of nitrogens with zero attached hydrogens (tertiary/aromatic N) is 4. The highest BCUT2D eigenvalue weighted by molar-refractivity contribution is 5.91. The fraction of sp³-hybridized carbons (Fsp3) is 0.444. The number of para-hydroxylation sites is 1. The van der Waals surface area contributed by atoms with Gasteiger partial charge >= 0.3 is 6.18 Å². The van der Waals surface area contributed by atoms with Gasteiger partial charge in [0.1, 0.15) is 11.7 Å². The third-order valence-electron chi connectivity index (χ3n) is 5.48. The van der Waals surface area contributed by atoms with Crippen LogP contribution in [0.3, 0.4) is 0 Å². The van der Waals surface area contributed by atoms with E-state index in [0.29, 0.717) is 10.9 Å². The normalized spacial score (nSPS) is 19.7. The van der Waals surface area contributed by atoms with E-state index in [2.05, 4.69) is 10.1 Å². The Labute approximate surface area is 172 Å². The standard InChI is InChI=1S/C18H18F4N6O3/c19-13-3-1-2-12-10(8-23-16(12)13)6-11(28(30)31)7-15(29)26-4-5-27-14(9-26)24-25-17(27)18(20,21)22/h1-3,8,11,17,23,25H,4-7,9H2. The minimum atomic E-state index is -4.52. The number of carbonyl (C=O) groups excluding carboxylic acids is 1. The number of fused-ring (bicyclic) bond motifs is 2. The molecule has 1 fully saturated rings. The Bertz CT molecular complexity index is 1050. The monoisotopic (exact) mass is 442 g/mol. The lowest BCUT2D eigenvalue weighted by Gasteiger charge is -2.36. The van der Waals surface area contributed by atoms with E-state index in [0.717, 1.165) is 4.90 Å². The van der Waals surface area contributed by atoms with Gasteiger partial charge in [0.05, 0.1) is 18.5 Å². The average Bonchev–Trinajstić information content (AvgIpc) is 3.31. The van der Waals surface area contributed by atoms with Crippen molar-refractivity contribution in [2.45, 2.75) is 31.2 Å². The molecule has 2 unspecified atom stereocenters. The first-order chi connectivity index (χ1) is 14.6. The van der Waals surface area contributed by atoms with E-state index >= 15 is 0 Å². The smallest absolute Gasteiger partial charge is 0.359 e. The lowest BCUT2D eigenvalue weighted by Crippen LogP contribution is -2.58. The number of alkyl halides is 3. The quantitative estimate of drug-likeness (QED) is 0.418. The molecule has 2 aromatic rings. The Morgan fingerprint density at radius 1 is 1.35 bits per heavy atom. The molecule has 1 aromatic heterocycles. The van der Waals surface area contributed by atoms with Gasteiger partial charge < -0.3 is 14.8 Å². The lowest BCUT2D eigenvalue weighted by atomic mass is 10.0. The number of hydrazone groups is 1. The first kappa shape index (κ1) is 20.9. The Kier molecular flexibility index (Phi) is 5.19. The molecule has 31 heavy (non-hydrogen) atoms. The zero-order valence-electron chi connectivity index (χ0n) is 16.0. The number of aromatic amines is 1. The van der Waals surface area contributed by atoms with E-state index in [9.17, 15) is 32.5 Å². The molecule has 0 bridgehead atoms. The fourth-order valence-electron chi connectivity index (χ4n) is 3.89. The van der Waals surface area contributed by atoms with Crippen LogP contribution < -0.4 is 5.43 Å². The van der Waals surface area contributed by atoms with E-state index in [1.807, 2.05) is 5.43 Å². The highest BCUT2D eigenvalue weighted by atomic mass is 19.4. The summed E-state index contributed by atoms with van der Waals surface area (Å²) in [4.78, 5) is 28.7. The molecule has 0 radical (unpaired) electrons. The minimum Gasteiger partial charge on any atom is -0.359 e. The Hall–Kier alpha value is -3.38. The number of nitro groups is 1. The third-order valence-corrected chi connectivity index (χ3v) is 5.48. The molecule has 0 spiro atoms. The van der Waals surface area contributed by atoms with Crippen LogP contribution in [-0.2, 0) is 11.2 Å². The molecule has 3 heterocycles. The van der Waals surface area contributed by atoms with Crippen LogP contribution in [0.4, 0.5) is 17.6 Å². The first-order valence-corrected chi connectivity index (χ1v) is 9.46. The van der Waals surface area contributed by atoms with Crippen molar-refractivity contribution < 1.29 is 27.3 Å². The Balaban J connectivity index is 1.43. The number of hydrogen-bond acceptors (Lipinski definition) is 6. The number of aromatic nitrogens is 1. The van der Waals surface area contributed by atoms with Gasteiger partial charge in [-0.3, -0.25) is 20.3 Å². The van der Waals surface area contributed by atoms with Crippen LogP contribution in [0.25, 0.3) is 10.9 Å². The van der Waals surface area contributed by atoms with Gasteiger partial charge in [-0.15, -0.1) is 0 Å². The van der Waals surface area contributed by atoms with Gasteiger partial charge in [-0.1, -0.05) is 12.1 Å². The summed E-state index contributed by atoms with van der Waals surface area (Å²) in [6, 6.07) is 3.12. The molecule has 1 saturated heterocycles. The molecular weight excluding hydrogens is 424 g/mol. The molecule has 2 N–H and O–H groups in total. The highest BCUT2D eigenvalue weighted by Crippen LogP contribution is 2.28. The van der Waals surface area contributed by atoms with E-state index < -0.39 is 41.5 Å². The molecule has 1 aromatic carbocycles. The van der Waals surface area contributed by atoms with Crippen molar-refractivity contribution >= 4 is 22.6 Å². The molecule has 2 atom stereocenters. The zero-order valence-corrected chi connectivity index (χ0v) is 16.0. The highest BCUT2D eigenvalue weighted by Gasteiger charge is 2.49. The van der Waals surface area contributed by atoms with Gasteiger partial charge in [0.15, 0.2) is 0 Å². The van der Waals surface area contributed by atoms with Crippen molar-refractivity contribution in [3.05, 3.63) is 45.9 Å². The summed E-state index contributed by atoms with van der Waals surface area (Å²) in [7, 11) is 0. The van der Waals surface area contributed by atoms with Gasteiger partial charge in [-0.05, 0) is 11.6 Å². The Morgan fingerprint density at radius 3 is 2.84 bits per heavy atom. The second-order valence-corrected chi connectivity index (χ2v) is 7.43. The number of amidine groups is 1. The molecule has 166 valence electrons.